The molecule has 1 N–H and O–H groups in total. The minimum atomic E-state index is -3.54. The second-order valence-electron chi connectivity index (χ2n) is 4.89. The quantitative estimate of drug-likeness (QED) is 0.838. The molecule has 0 aliphatic carbocycles. The molecule has 116 valence electrons. The number of piperazine rings is 1. The van der Waals surface area contributed by atoms with Crippen LogP contribution in [0.4, 0.5) is 0 Å². The number of rotatable bonds is 5. The van der Waals surface area contributed by atoms with Gasteiger partial charge in [-0.1, -0.05) is 6.92 Å². The van der Waals surface area contributed by atoms with Crippen LogP contribution in [0.3, 0.4) is 0 Å². The molecule has 1 unspecified atom stereocenters. The Morgan fingerprint density at radius 1 is 1.38 bits per heavy atom. The van der Waals surface area contributed by atoms with Gasteiger partial charge in [0.15, 0.2) is 0 Å². The Labute approximate surface area is 124 Å². The zero-order valence-corrected chi connectivity index (χ0v) is 12.7. The van der Waals surface area contributed by atoms with Crippen molar-refractivity contribution in [2.24, 2.45) is 0 Å². The van der Waals surface area contributed by atoms with Crippen molar-refractivity contribution in [1.29, 1.82) is 0 Å². The first-order valence-corrected chi connectivity index (χ1v) is 8.28. The third kappa shape index (κ3) is 3.39. The molecule has 0 amide bonds. The highest BCUT2D eigenvalue weighted by Crippen LogP contribution is 2.18. The number of aromatic nitrogens is 1. The van der Waals surface area contributed by atoms with Crippen molar-refractivity contribution >= 4 is 16.0 Å². The highest BCUT2D eigenvalue weighted by Gasteiger charge is 2.32. The zero-order chi connectivity index (χ0) is 15.5. The maximum Gasteiger partial charge on any atom is 0.320 e. The van der Waals surface area contributed by atoms with Crippen molar-refractivity contribution in [3.05, 3.63) is 24.5 Å². The molecular weight excluding hydrogens is 294 g/mol. The van der Waals surface area contributed by atoms with Crippen LogP contribution in [0.15, 0.2) is 29.4 Å². The van der Waals surface area contributed by atoms with E-state index in [4.69, 9.17) is 5.11 Å². The van der Waals surface area contributed by atoms with E-state index in [-0.39, 0.29) is 4.90 Å². The molecule has 0 aromatic carbocycles. The van der Waals surface area contributed by atoms with Gasteiger partial charge in [0.25, 0.3) is 0 Å². The first-order valence-electron chi connectivity index (χ1n) is 6.84. The maximum atomic E-state index is 12.4. The lowest BCUT2D eigenvalue weighted by atomic mass is 10.1. The molecule has 1 aromatic rings. The molecule has 1 saturated heterocycles. The van der Waals surface area contributed by atoms with E-state index in [0.717, 1.165) is 0 Å². The second-order valence-corrected chi connectivity index (χ2v) is 6.83. The van der Waals surface area contributed by atoms with Gasteiger partial charge in [0.1, 0.15) is 10.9 Å². The lowest BCUT2D eigenvalue weighted by molar-refractivity contribution is -0.143. The summed E-state index contributed by atoms with van der Waals surface area (Å²) in [5.41, 5.74) is 0. The fraction of sp³-hybridized carbons (Fsp3) is 0.538. The third-order valence-corrected chi connectivity index (χ3v) is 5.54. The van der Waals surface area contributed by atoms with Gasteiger partial charge in [-0.15, -0.1) is 0 Å². The Bertz CT molecular complexity index is 583. The van der Waals surface area contributed by atoms with Gasteiger partial charge >= 0.3 is 5.97 Å². The Morgan fingerprint density at radius 3 is 2.52 bits per heavy atom. The Balaban J connectivity index is 2.06. The van der Waals surface area contributed by atoms with Crippen molar-refractivity contribution in [3.63, 3.8) is 0 Å². The molecule has 0 radical (unpaired) electrons. The molecule has 1 aromatic heterocycles. The number of carboxylic acids is 1. The van der Waals surface area contributed by atoms with Gasteiger partial charge in [0.05, 0.1) is 0 Å². The summed E-state index contributed by atoms with van der Waals surface area (Å²) in [5.74, 6) is -0.860. The summed E-state index contributed by atoms with van der Waals surface area (Å²) in [5, 5.41) is 9.15. The molecule has 21 heavy (non-hydrogen) atoms. The molecule has 0 spiro atoms. The van der Waals surface area contributed by atoms with Crippen LogP contribution in [0.5, 0.6) is 0 Å². The van der Waals surface area contributed by atoms with Crippen LogP contribution in [0.2, 0.25) is 0 Å². The van der Waals surface area contributed by atoms with Crippen molar-refractivity contribution in [2.45, 2.75) is 24.3 Å². The van der Waals surface area contributed by atoms with E-state index >= 15 is 0 Å². The predicted octanol–water partition coefficient (Wildman–Crippen LogP) is 0.251. The van der Waals surface area contributed by atoms with E-state index < -0.39 is 22.0 Å². The fourth-order valence-corrected chi connectivity index (χ4v) is 3.88. The van der Waals surface area contributed by atoms with Gasteiger partial charge in [-0.2, -0.15) is 4.31 Å². The van der Waals surface area contributed by atoms with Crippen LogP contribution < -0.4 is 0 Å². The molecule has 1 aliphatic heterocycles. The van der Waals surface area contributed by atoms with E-state index in [2.05, 4.69) is 4.98 Å². The largest absolute Gasteiger partial charge is 0.480 e. The first kappa shape index (κ1) is 15.9. The molecular formula is C13H19N3O4S. The molecule has 7 nitrogen and oxygen atoms in total. The molecule has 2 heterocycles. The molecule has 1 atom stereocenters. The summed E-state index contributed by atoms with van der Waals surface area (Å²) in [6, 6.07) is 2.55. The number of pyridine rings is 1. The lowest BCUT2D eigenvalue weighted by Gasteiger charge is -2.36. The molecule has 1 fully saturated rings. The lowest BCUT2D eigenvalue weighted by Crippen LogP contribution is -2.53. The number of carboxylic acid groups (broad SMARTS) is 1. The summed E-state index contributed by atoms with van der Waals surface area (Å²) in [6.07, 6.45) is 3.36. The van der Waals surface area contributed by atoms with E-state index in [1.807, 2.05) is 11.8 Å². The summed E-state index contributed by atoms with van der Waals surface area (Å²) < 4.78 is 26.2. The molecule has 0 bridgehead atoms. The summed E-state index contributed by atoms with van der Waals surface area (Å²) in [7, 11) is -3.54. The predicted molar refractivity (Wildman–Crippen MR) is 76.3 cm³/mol. The number of hydrogen-bond acceptors (Lipinski definition) is 5. The topological polar surface area (TPSA) is 90.8 Å². The highest BCUT2D eigenvalue weighted by molar-refractivity contribution is 7.89. The Morgan fingerprint density at radius 2 is 2.05 bits per heavy atom. The van der Waals surface area contributed by atoms with Crippen molar-refractivity contribution < 1.29 is 18.3 Å². The summed E-state index contributed by atoms with van der Waals surface area (Å²) >= 11 is 0. The summed E-state index contributed by atoms with van der Waals surface area (Å²) in [4.78, 5) is 17.0. The number of nitrogens with zero attached hydrogens (tertiary/aromatic N) is 3. The standard InChI is InChI=1S/C13H19N3O4S/c1-2-12(13(17)18)15-6-8-16(9-7-15)21(19,20)11-4-3-5-14-10-11/h3-5,10,12H,2,6-9H2,1H3,(H,17,18). The fourth-order valence-electron chi connectivity index (χ4n) is 2.49. The minimum Gasteiger partial charge on any atom is -0.480 e. The molecule has 8 heteroatoms. The summed E-state index contributed by atoms with van der Waals surface area (Å²) in [6.45, 7) is 3.24. The molecule has 0 saturated carbocycles. The van der Waals surface area contributed by atoms with E-state index in [1.54, 1.807) is 6.07 Å². The van der Waals surface area contributed by atoms with Crippen molar-refractivity contribution in [1.82, 2.24) is 14.2 Å². The van der Waals surface area contributed by atoms with Crippen LogP contribution in [-0.2, 0) is 14.8 Å². The minimum absolute atomic E-state index is 0.170. The van der Waals surface area contributed by atoms with Gasteiger partial charge in [-0.05, 0) is 18.6 Å². The number of sulfonamides is 1. The van der Waals surface area contributed by atoms with Crippen LogP contribution >= 0.6 is 0 Å². The normalized spacial score (nSPS) is 19.3. The smallest absolute Gasteiger partial charge is 0.320 e. The second kappa shape index (κ2) is 6.50. The monoisotopic (exact) mass is 313 g/mol. The van der Waals surface area contributed by atoms with E-state index in [1.165, 1.54) is 22.8 Å². The zero-order valence-electron chi connectivity index (χ0n) is 11.8. The SMILES string of the molecule is CCC(C(=O)O)N1CCN(S(=O)(=O)c2cccnc2)CC1. The van der Waals surface area contributed by atoms with Gasteiger partial charge in [-0.25, -0.2) is 8.42 Å². The van der Waals surface area contributed by atoms with Gasteiger partial charge < -0.3 is 5.11 Å². The Kier molecular flexibility index (Phi) is 4.92. The average Bonchev–Trinajstić information content (AvgIpc) is 2.49. The first-order chi connectivity index (χ1) is 9.96. The van der Waals surface area contributed by atoms with Crippen molar-refractivity contribution in [3.8, 4) is 0 Å². The number of carbonyl (C=O) groups is 1. The number of aliphatic carboxylic acids is 1. The molecule has 2 rings (SSSR count). The van der Waals surface area contributed by atoms with Crippen LogP contribution in [0.25, 0.3) is 0 Å². The van der Waals surface area contributed by atoms with Gasteiger partial charge in [-0.3, -0.25) is 14.7 Å². The maximum absolute atomic E-state index is 12.4. The van der Waals surface area contributed by atoms with Gasteiger partial charge in [0, 0.05) is 38.6 Å². The third-order valence-electron chi connectivity index (χ3n) is 3.66. The van der Waals surface area contributed by atoms with Crippen LogP contribution in [0.1, 0.15) is 13.3 Å². The average molecular weight is 313 g/mol. The van der Waals surface area contributed by atoms with E-state index in [0.29, 0.717) is 32.6 Å². The van der Waals surface area contributed by atoms with Crippen LogP contribution in [-0.4, -0.2) is 65.9 Å². The highest BCUT2D eigenvalue weighted by atomic mass is 32.2. The van der Waals surface area contributed by atoms with Crippen molar-refractivity contribution in [2.75, 3.05) is 26.2 Å². The van der Waals surface area contributed by atoms with Gasteiger partial charge in [0.2, 0.25) is 10.0 Å². The van der Waals surface area contributed by atoms with Crippen LogP contribution in [0, 0.1) is 0 Å². The molecule has 1 aliphatic rings. The Hall–Kier alpha value is -1.51. The van der Waals surface area contributed by atoms with E-state index in [9.17, 15) is 13.2 Å². The number of hydrogen-bond donors (Lipinski definition) is 1.